The second-order valence-corrected chi connectivity index (χ2v) is 5.73. The van der Waals surface area contributed by atoms with Crippen molar-refractivity contribution in [3.05, 3.63) is 35.9 Å². The van der Waals surface area contributed by atoms with Crippen molar-refractivity contribution < 1.29 is 27.8 Å². The van der Waals surface area contributed by atoms with Crippen molar-refractivity contribution in [1.82, 2.24) is 4.90 Å². The molecule has 0 amide bonds. The number of hydrogen-bond acceptors (Lipinski definition) is 4. The number of esters is 1. The number of carbonyl (C=O) groups excluding carboxylic acids is 1. The van der Waals surface area contributed by atoms with Gasteiger partial charge in [-0.15, -0.1) is 0 Å². The number of alkyl halides is 3. The Hall–Kier alpha value is -2.04. The summed E-state index contributed by atoms with van der Waals surface area (Å²) < 4.78 is 42.5. The molecule has 1 fully saturated rings. The molecule has 24 heavy (non-hydrogen) atoms. The van der Waals surface area contributed by atoms with E-state index in [2.05, 4.69) is 4.90 Å². The van der Waals surface area contributed by atoms with Crippen molar-refractivity contribution in [3.8, 4) is 11.8 Å². The van der Waals surface area contributed by atoms with Gasteiger partial charge in [-0.25, -0.2) is 4.79 Å². The van der Waals surface area contributed by atoms with E-state index < -0.39 is 23.9 Å². The fraction of sp³-hybridized carbons (Fsp3) is 0.471. The third-order valence-electron chi connectivity index (χ3n) is 3.81. The minimum absolute atomic E-state index is 0.0559. The normalized spacial score (nSPS) is 19.0. The average molecular weight is 341 g/mol. The molecule has 0 radical (unpaired) electrons. The van der Waals surface area contributed by atoms with E-state index in [4.69, 9.17) is 4.74 Å². The second-order valence-electron chi connectivity index (χ2n) is 5.73. The smallest absolute Gasteiger partial charge is 0.457 e. The van der Waals surface area contributed by atoms with Gasteiger partial charge in [-0.2, -0.15) is 13.2 Å². The Labute approximate surface area is 138 Å². The van der Waals surface area contributed by atoms with Crippen LogP contribution in [-0.2, 0) is 15.1 Å². The molecule has 1 unspecified atom stereocenters. The van der Waals surface area contributed by atoms with Crippen molar-refractivity contribution in [2.45, 2.75) is 30.7 Å². The molecule has 4 nitrogen and oxygen atoms in total. The molecule has 0 spiro atoms. The zero-order valence-corrected chi connectivity index (χ0v) is 13.1. The van der Waals surface area contributed by atoms with Crippen LogP contribution in [0.2, 0.25) is 0 Å². The summed E-state index contributed by atoms with van der Waals surface area (Å²) in [5.74, 6) is 1.44. The summed E-state index contributed by atoms with van der Waals surface area (Å²) in [5, 5.41) is 10.5. The van der Waals surface area contributed by atoms with Crippen LogP contribution in [0.4, 0.5) is 13.2 Å². The van der Waals surface area contributed by atoms with Crippen LogP contribution in [0.25, 0.3) is 0 Å². The van der Waals surface area contributed by atoms with Crippen molar-refractivity contribution in [3.63, 3.8) is 0 Å². The zero-order valence-electron chi connectivity index (χ0n) is 13.1. The molecule has 0 aliphatic carbocycles. The minimum atomic E-state index is -4.82. The maximum atomic E-state index is 12.4. The number of likely N-dealkylation sites (tertiary alicyclic amines) is 1. The lowest BCUT2D eigenvalue weighted by atomic mass is 9.94. The van der Waals surface area contributed by atoms with Gasteiger partial charge in [0, 0.05) is 24.6 Å². The number of halogens is 3. The SMILES string of the molecule is CN1CCC(OC(=O)C(O)(C#CC(F)(F)F)c2ccccc2)CC1. The number of nitrogens with zero attached hydrogens (tertiary/aromatic N) is 1. The summed E-state index contributed by atoms with van der Waals surface area (Å²) in [6.07, 6.45) is -4.16. The number of ether oxygens (including phenoxy) is 1. The highest BCUT2D eigenvalue weighted by molar-refractivity contribution is 5.85. The van der Waals surface area contributed by atoms with Crippen LogP contribution in [-0.4, -0.2) is 48.4 Å². The third kappa shape index (κ3) is 4.73. The van der Waals surface area contributed by atoms with E-state index in [1.165, 1.54) is 24.3 Å². The molecular weight excluding hydrogens is 323 g/mol. The highest BCUT2D eigenvalue weighted by Crippen LogP contribution is 2.26. The maximum Gasteiger partial charge on any atom is 0.457 e. The van der Waals surface area contributed by atoms with Crippen LogP contribution in [0.1, 0.15) is 18.4 Å². The topological polar surface area (TPSA) is 49.8 Å². The van der Waals surface area contributed by atoms with E-state index >= 15 is 0 Å². The molecule has 7 heteroatoms. The van der Waals surface area contributed by atoms with Crippen LogP contribution in [0.15, 0.2) is 30.3 Å². The maximum absolute atomic E-state index is 12.4. The van der Waals surface area contributed by atoms with Gasteiger partial charge in [0.2, 0.25) is 0 Å². The van der Waals surface area contributed by atoms with Crippen LogP contribution in [0, 0.1) is 11.8 Å². The predicted octanol–water partition coefficient (Wildman–Crippen LogP) is 2.08. The van der Waals surface area contributed by atoms with Gasteiger partial charge in [0.15, 0.2) is 0 Å². The lowest BCUT2D eigenvalue weighted by Crippen LogP contribution is -2.41. The summed E-state index contributed by atoms with van der Waals surface area (Å²) in [6, 6.07) is 7.28. The molecular formula is C17H18F3NO3. The first kappa shape index (κ1) is 18.3. The molecule has 2 rings (SSSR count). The Kier molecular flexibility index (Phi) is 5.52. The molecule has 1 heterocycles. The highest BCUT2D eigenvalue weighted by Gasteiger charge is 2.41. The number of carbonyl (C=O) groups is 1. The Morgan fingerprint density at radius 1 is 1.21 bits per heavy atom. The monoisotopic (exact) mass is 341 g/mol. The van der Waals surface area contributed by atoms with Gasteiger partial charge < -0.3 is 14.7 Å². The first-order chi connectivity index (χ1) is 11.2. The number of piperidine rings is 1. The van der Waals surface area contributed by atoms with Crippen LogP contribution < -0.4 is 0 Å². The van der Waals surface area contributed by atoms with Crippen molar-refractivity contribution in [2.75, 3.05) is 20.1 Å². The van der Waals surface area contributed by atoms with Gasteiger partial charge in [-0.1, -0.05) is 30.3 Å². The van der Waals surface area contributed by atoms with Gasteiger partial charge >= 0.3 is 12.1 Å². The summed E-state index contributed by atoms with van der Waals surface area (Å²) in [7, 11) is 1.92. The predicted molar refractivity (Wildman–Crippen MR) is 80.8 cm³/mol. The first-order valence-corrected chi connectivity index (χ1v) is 7.49. The summed E-state index contributed by atoms with van der Waals surface area (Å²) in [4.78, 5) is 14.4. The van der Waals surface area contributed by atoms with Gasteiger partial charge in [-0.05, 0) is 25.8 Å². The van der Waals surface area contributed by atoms with Gasteiger partial charge in [-0.3, -0.25) is 0 Å². The Bertz CT molecular complexity index is 628. The van der Waals surface area contributed by atoms with E-state index in [0.29, 0.717) is 25.9 Å². The standard InChI is InChI=1S/C17H18F3NO3/c1-21-11-7-14(8-12-21)24-15(22)16(23,9-10-17(18,19)20)13-5-3-2-4-6-13/h2-6,14,23H,7-8,11-12H2,1H3. The Balaban J connectivity index is 2.25. The van der Waals surface area contributed by atoms with Gasteiger partial charge in [0.05, 0.1) is 0 Å². The molecule has 0 bridgehead atoms. The molecule has 1 saturated heterocycles. The number of hydrogen-bond donors (Lipinski definition) is 1. The highest BCUT2D eigenvalue weighted by atomic mass is 19.4. The van der Waals surface area contributed by atoms with E-state index in [1.54, 1.807) is 12.0 Å². The van der Waals surface area contributed by atoms with Crippen LogP contribution in [0.3, 0.4) is 0 Å². The lowest BCUT2D eigenvalue weighted by Gasteiger charge is -2.30. The molecule has 130 valence electrons. The molecule has 1 aromatic carbocycles. The second kappa shape index (κ2) is 7.24. The van der Waals surface area contributed by atoms with E-state index in [1.807, 2.05) is 7.05 Å². The fourth-order valence-corrected chi connectivity index (χ4v) is 2.42. The molecule has 1 aromatic rings. The zero-order chi connectivity index (χ0) is 17.8. The number of aliphatic hydroxyl groups is 1. The van der Waals surface area contributed by atoms with Gasteiger partial charge in [0.25, 0.3) is 5.60 Å². The molecule has 1 aliphatic rings. The molecule has 1 aliphatic heterocycles. The molecule has 0 saturated carbocycles. The largest absolute Gasteiger partial charge is 0.459 e. The van der Waals surface area contributed by atoms with Crippen molar-refractivity contribution >= 4 is 5.97 Å². The van der Waals surface area contributed by atoms with E-state index in [-0.39, 0.29) is 5.56 Å². The van der Waals surface area contributed by atoms with E-state index in [9.17, 15) is 23.1 Å². The summed E-state index contributed by atoms with van der Waals surface area (Å²) in [5.41, 5.74) is -2.71. The average Bonchev–Trinajstić information content (AvgIpc) is 2.55. The van der Waals surface area contributed by atoms with Crippen molar-refractivity contribution in [1.29, 1.82) is 0 Å². The summed E-state index contributed by atoms with van der Waals surface area (Å²) >= 11 is 0. The Morgan fingerprint density at radius 3 is 2.33 bits per heavy atom. The number of rotatable bonds is 3. The lowest BCUT2D eigenvalue weighted by molar-refractivity contribution is -0.168. The van der Waals surface area contributed by atoms with Crippen LogP contribution in [0.5, 0.6) is 0 Å². The molecule has 1 N–H and O–H groups in total. The van der Waals surface area contributed by atoms with Crippen molar-refractivity contribution in [2.24, 2.45) is 0 Å². The molecule has 1 atom stereocenters. The van der Waals surface area contributed by atoms with Crippen LogP contribution >= 0.6 is 0 Å². The fourth-order valence-electron chi connectivity index (χ4n) is 2.42. The molecule has 0 aromatic heterocycles. The minimum Gasteiger partial charge on any atom is -0.459 e. The Morgan fingerprint density at radius 2 is 1.79 bits per heavy atom. The van der Waals surface area contributed by atoms with Gasteiger partial charge in [0.1, 0.15) is 6.10 Å². The number of benzene rings is 1. The summed E-state index contributed by atoms with van der Waals surface area (Å²) in [6.45, 7) is 1.41. The third-order valence-corrected chi connectivity index (χ3v) is 3.81. The van der Waals surface area contributed by atoms with E-state index in [0.717, 1.165) is 5.92 Å². The quantitative estimate of drug-likeness (QED) is 0.676. The first-order valence-electron chi connectivity index (χ1n) is 7.49.